The molecule has 0 unspecified atom stereocenters. The van der Waals surface area contributed by atoms with Gasteiger partial charge in [0.05, 0.1) is 4.90 Å². The molecule has 1 aromatic carbocycles. The second kappa shape index (κ2) is 6.76. The van der Waals surface area contributed by atoms with Gasteiger partial charge in [0.15, 0.2) is 0 Å². The van der Waals surface area contributed by atoms with Crippen LogP contribution in [0.1, 0.15) is 27.7 Å². The Balaban J connectivity index is 2.28. The molecule has 0 bridgehead atoms. The minimum absolute atomic E-state index is 0.0977. The number of carbonyl (C=O) groups is 2. The topological polar surface area (TPSA) is 86.8 Å². The van der Waals surface area contributed by atoms with Gasteiger partial charge >= 0.3 is 0 Å². The van der Waals surface area contributed by atoms with Crippen LogP contribution in [0, 0.1) is 5.92 Å². The minimum atomic E-state index is -3.81. The molecule has 1 N–H and O–H groups in total. The third-order valence-corrected chi connectivity index (χ3v) is 6.45. The van der Waals surface area contributed by atoms with Crippen molar-refractivity contribution < 1.29 is 18.0 Å². The maximum Gasteiger partial charge on any atom is 0.244 e. The third kappa shape index (κ3) is 3.69. The second-order valence-electron chi connectivity index (χ2n) is 7.03. The fraction of sp³-hybridized carbons (Fsp3) is 0.529. The van der Waals surface area contributed by atoms with E-state index in [4.69, 9.17) is 0 Å². The number of hydrogen-bond donors (Lipinski definition) is 1. The van der Waals surface area contributed by atoms with E-state index in [2.05, 4.69) is 5.32 Å². The van der Waals surface area contributed by atoms with E-state index in [1.807, 2.05) is 0 Å². The summed E-state index contributed by atoms with van der Waals surface area (Å²) in [6, 6.07) is 6.00. The average molecular weight is 367 g/mol. The molecule has 8 heteroatoms. The molecule has 0 aliphatic carbocycles. The summed E-state index contributed by atoms with van der Waals surface area (Å²) in [6.45, 7) is 7.37. The van der Waals surface area contributed by atoms with Gasteiger partial charge in [-0.1, -0.05) is 13.8 Å². The fourth-order valence-corrected chi connectivity index (χ4v) is 4.48. The quantitative estimate of drug-likeness (QED) is 0.874. The Morgan fingerprint density at radius 1 is 1.16 bits per heavy atom. The third-order valence-electron chi connectivity index (χ3n) is 4.37. The number of carbonyl (C=O) groups excluding carboxylic acids is 2. The largest absolute Gasteiger partial charge is 0.343 e. The van der Waals surface area contributed by atoms with Crippen molar-refractivity contribution in [3.63, 3.8) is 0 Å². The van der Waals surface area contributed by atoms with Crippen LogP contribution in [0.3, 0.4) is 0 Å². The van der Waals surface area contributed by atoms with Gasteiger partial charge in [0.25, 0.3) is 0 Å². The van der Waals surface area contributed by atoms with Crippen molar-refractivity contribution in [3.8, 4) is 0 Å². The summed E-state index contributed by atoms with van der Waals surface area (Å²) in [6.07, 6.45) is 0. The standard InChI is InChI=1S/C17H25N3O4S/c1-12(2)15(21)18-13-6-8-14(9-7-13)25(23,24)20-11-10-19(5)16(22)17(20,3)4/h6-9,12H,10-11H2,1-5H3,(H,18,21). The summed E-state index contributed by atoms with van der Waals surface area (Å²) in [5, 5.41) is 2.72. The van der Waals surface area contributed by atoms with Crippen molar-refractivity contribution in [2.45, 2.75) is 38.1 Å². The number of nitrogens with zero attached hydrogens (tertiary/aromatic N) is 2. The highest BCUT2D eigenvalue weighted by atomic mass is 32.2. The molecule has 7 nitrogen and oxygen atoms in total. The van der Waals surface area contributed by atoms with Crippen LogP contribution in [-0.4, -0.2) is 55.1 Å². The lowest BCUT2D eigenvalue weighted by atomic mass is 10.0. The number of rotatable bonds is 4. The summed E-state index contributed by atoms with van der Waals surface area (Å²) >= 11 is 0. The predicted octanol–water partition coefficient (Wildman–Crippen LogP) is 1.52. The zero-order valence-corrected chi connectivity index (χ0v) is 16.1. The maximum atomic E-state index is 13.0. The molecule has 1 heterocycles. The molecule has 1 aliphatic heterocycles. The van der Waals surface area contributed by atoms with Gasteiger partial charge in [0, 0.05) is 31.7 Å². The van der Waals surface area contributed by atoms with Crippen LogP contribution in [-0.2, 0) is 19.6 Å². The minimum Gasteiger partial charge on any atom is -0.343 e. The van der Waals surface area contributed by atoms with Gasteiger partial charge in [-0.25, -0.2) is 8.42 Å². The molecule has 0 atom stereocenters. The van der Waals surface area contributed by atoms with Crippen LogP contribution in [0.2, 0.25) is 0 Å². The van der Waals surface area contributed by atoms with Crippen molar-refractivity contribution >= 4 is 27.5 Å². The summed E-state index contributed by atoms with van der Waals surface area (Å²) in [5.41, 5.74) is -0.609. The normalized spacial score (nSPS) is 18.5. The number of likely N-dealkylation sites (N-methyl/N-ethyl adjacent to an activating group) is 1. The Hall–Kier alpha value is -1.93. The van der Waals surface area contributed by atoms with Crippen LogP contribution >= 0.6 is 0 Å². The van der Waals surface area contributed by atoms with Gasteiger partial charge in [-0.2, -0.15) is 4.31 Å². The average Bonchev–Trinajstić information content (AvgIpc) is 2.52. The molecule has 1 aromatic rings. The lowest BCUT2D eigenvalue weighted by molar-refractivity contribution is -0.142. The fourth-order valence-electron chi connectivity index (χ4n) is 2.74. The zero-order valence-electron chi connectivity index (χ0n) is 15.2. The van der Waals surface area contributed by atoms with Crippen LogP contribution < -0.4 is 5.32 Å². The van der Waals surface area contributed by atoms with Crippen molar-refractivity contribution in [1.82, 2.24) is 9.21 Å². The van der Waals surface area contributed by atoms with Gasteiger partial charge in [-0.05, 0) is 38.1 Å². The maximum absolute atomic E-state index is 13.0. The summed E-state index contributed by atoms with van der Waals surface area (Å²) < 4.78 is 27.2. The smallest absolute Gasteiger partial charge is 0.244 e. The Morgan fingerprint density at radius 3 is 2.24 bits per heavy atom. The number of piperazine rings is 1. The van der Waals surface area contributed by atoms with Crippen LogP contribution in [0.5, 0.6) is 0 Å². The first kappa shape index (κ1) is 19.4. The van der Waals surface area contributed by atoms with Crippen LogP contribution in [0.25, 0.3) is 0 Å². The van der Waals surface area contributed by atoms with E-state index in [9.17, 15) is 18.0 Å². The van der Waals surface area contributed by atoms with E-state index in [1.54, 1.807) is 46.9 Å². The van der Waals surface area contributed by atoms with E-state index in [1.165, 1.54) is 21.3 Å². The van der Waals surface area contributed by atoms with E-state index in [0.717, 1.165) is 0 Å². The van der Waals surface area contributed by atoms with Gasteiger partial charge < -0.3 is 10.2 Å². The molecular formula is C17H25N3O4S. The molecule has 2 amide bonds. The van der Waals surface area contributed by atoms with Crippen molar-refractivity contribution in [2.75, 3.05) is 25.5 Å². The number of anilines is 1. The summed E-state index contributed by atoms with van der Waals surface area (Å²) in [7, 11) is -2.15. The van der Waals surface area contributed by atoms with Crippen molar-refractivity contribution in [1.29, 1.82) is 0 Å². The first-order valence-corrected chi connectivity index (χ1v) is 9.61. The number of hydrogen-bond acceptors (Lipinski definition) is 4. The number of benzene rings is 1. The number of nitrogens with one attached hydrogen (secondary N) is 1. The van der Waals surface area contributed by atoms with Crippen LogP contribution in [0.15, 0.2) is 29.2 Å². The predicted molar refractivity (Wildman–Crippen MR) is 95.5 cm³/mol. The SMILES string of the molecule is CC(C)C(=O)Nc1ccc(S(=O)(=O)N2CCN(C)C(=O)C2(C)C)cc1. The summed E-state index contributed by atoms with van der Waals surface area (Å²) in [4.78, 5) is 25.7. The zero-order chi connectivity index (χ0) is 19.0. The highest BCUT2D eigenvalue weighted by molar-refractivity contribution is 7.89. The summed E-state index contributed by atoms with van der Waals surface area (Å²) in [5.74, 6) is -0.537. The number of amides is 2. The second-order valence-corrected chi connectivity index (χ2v) is 8.89. The van der Waals surface area contributed by atoms with E-state index in [0.29, 0.717) is 12.2 Å². The van der Waals surface area contributed by atoms with E-state index >= 15 is 0 Å². The highest BCUT2D eigenvalue weighted by Gasteiger charge is 2.46. The van der Waals surface area contributed by atoms with Gasteiger partial charge in [-0.3, -0.25) is 9.59 Å². The Morgan fingerprint density at radius 2 is 1.72 bits per heavy atom. The number of sulfonamides is 1. The Bertz CT molecular complexity index is 770. The van der Waals surface area contributed by atoms with E-state index < -0.39 is 15.6 Å². The van der Waals surface area contributed by atoms with E-state index in [-0.39, 0.29) is 29.2 Å². The van der Waals surface area contributed by atoms with Crippen molar-refractivity contribution in [3.05, 3.63) is 24.3 Å². The first-order valence-electron chi connectivity index (χ1n) is 8.17. The highest BCUT2D eigenvalue weighted by Crippen LogP contribution is 2.29. The molecule has 25 heavy (non-hydrogen) atoms. The van der Waals surface area contributed by atoms with Gasteiger partial charge in [-0.15, -0.1) is 0 Å². The molecule has 0 saturated carbocycles. The Kier molecular flexibility index (Phi) is 5.24. The van der Waals surface area contributed by atoms with Gasteiger partial charge in [0.1, 0.15) is 5.54 Å². The lowest BCUT2D eigenvalue weighted by Crippen LogP contribution is -2.63. The molecule has 2 rings (SSSR count). The molecule has 1 saturated heterocycles. The van der Waals surface area contributed by atoms with Gasteiger partial charge in [0.2, 0.25) is 21.8 Å². The molecule has 0 spiro atoms. The molecule has 0 aromatic heterocycles. The molecule has 0 radical (unpaired) electrons. The molecule has 1 fully saturated rings. The van der Waals surface area contributed by atoms with Crippen LogP contribution in [0.4, 0.5) is 5.69 Å². The lowest BCUT2D eigenvalue weighted by Gasteiger charge is -2.43. The Labute approximate surface area is 149 Å². The molecular weight excluding hydrogens is 342 g/mol. The first-order chi connectivity index (χ1) is 11.5. The van der Waals surface area contributed by atoms with Crippen molar-refractivity contribution in [2.24, 2.45) is 5.92 Å². The monoisotopic (exact) mass is 367 g/mol. The molecule has 1 aliphatic rings. The molecule has 138 valence electrons.